The second-order valence-corrected chi connectivity index (χ2v) is 4.45. The molecule has 0 aliphatic rings. The molecule has 1 rings (SSSR count). The number of carbonyl (C=O) groups excluding carboxylic acids is 1. The zero-order chi connectivity index (χ0) is 10.6. The van der Waals surface area contributed by atoms with Crippen LogP contribution in [-0.4, -0.2) is 21.2 Å². The maximum atomic E-state index is 11.8. The molecular weight excluding hydrogens is 312 g/mol. The van der Waals surface area contributed by atoms with Crippen molar-refractivity contribution in [1.29, 1.82) is 0 Å². The second kappa shape index (κ2) is 5.63. The molecule has 1 aromatic rings. The third kappa shape index (κ3) is 2.90. The Morgan fingerprint density at radius 1 is 1.36 bits per heavy atom. The van der Waals surface area contributed by atoms with E-state index in [2.05, 4.69) is 31.9 Å². The monoisotopic (exact) mass is 320 g/mol. The highest BCUT2D eigenvalue weighted by Crippen LogP contribution is 2.18. The fourth-order valence-electron chi connectivity index (χ4n) is 1.08. The van der Waals surface area contributed by atoms with Crippen LogP contribution in [0, 0.1) is 5.92 Å². The Balaban J connectivity index is 2.84. The van der Waals surface area contributed by atoms with E-state index in [9.17, 15) is 9.90 Å². The van der Waals surface area contributed by atoms with Crippen molar-refractivity contribution in [3.63, 3.8) is 0 Å². The molecule has 0 radical (unpaired) electrons. The molecule has 0 bridgehead atoms. The van der Waals surface area contributed by atoms with E-state index in [1.54, 1.807) is 24.3 Å². The molecule has 14 heavy (non-hydrogen) atoms. The van der Waals surface area contributed by atoms with Crippen LogP contribution in [0.2, 0.25) is 0 Å². The number of benzene rings is 1. The molecule has 0 aliphatic carbocycles. The Morgan fingerprint density at radius 3 is 2.36 bits per heavy atom. The van der Waals surface area contributed by atoms with Gasteiger partial charge < -0.3 is 5.11 Å². The summed E-state index contributed by atoms with van der Waals surface area (Å²) < 4.78 is 0. The molecule has 1 aromatic carbocycles. The van der Waals surface area contributed by atoms with Crippen LogP contribution in [0.5, 0.6) is 0 Å². The van der Waals surface area contributed by atoms with Crippen LogP contribution < -0.4 is 0 Å². The van der Waals surface area contributed by atoms with Crippen LogP contribution in [0.25, 0.3) is 0 Å². The van der Waals surface area contributed by atoms with E-state index >= 15 is 0 Å². The molecule has 0 fully saturated rings. The van der Waals surface area contributed by atoms with Gasteiger partial charge >= 0.3 is 0 Å². The average Bonchev–Trinajstić information content (AvgIpc) is 2.19. The summed E-state index contributed by atoms with van der Waals surface area (Å²) >= 11 is 6.21. The van der Waals surface area contributed by atoms with Crippen molar-refractivity contribution in [2.75, 3.05) is 5.33 Å². The van der Waals surface area contributed by atoms with Gasteiger partial charge in [0.25, 0.3) is 0 Å². The van der Waals surface area contributed by atoms with Gasteiger partial charge in [-0.2, -0.15) is 0 Å². The fourth-order valence-corrected chi connectivity index (χ4v) is 2.66. The molecule has 0 aromatic heterocycles. The Morgan fingerprint density at radius 2 is 1.93 bits per heavy atom. The molecule has 0 spiro atoms. The second-order valence-electron chi connectivity index (χ2n) is 2.86. The molecule has 2 unspecified atom stereocenters. The van der Waals surface area contributed by atoms with Gasteiger partial charge in [0.1, 0.15) is 5.01 Å². The number of rotatable bonds is 4. The first-order valence-electron chi connectivity index (χ1n) is 4.14. The van der Waals surface area contributed by atoms with Crippen molar-refractivity contribution in [3.8, 4) is 0 Å². The molecule has 0 amide bonds. The molecule has 0 saturated heterocycles. The Labute approximate surface area is 99.6 Å². The standard InChI is InChI=1S/C10H10Br2O2/c11-6-8(10(12)14)9(13)7-4-2-1-3-5-7/h1-5,8,10,14H,6H2. The van der Waals surface area contributed by atoms with E-state index in [1.807, 2.05) is 6.07 Å². The summed E-state index contributed by atoms with van der Waals surface area (Å²) in [5.41, 5.74) is 0.621. The van der Waals surface area contributed by atoms with E-state index in [0.717, 1.165) is 0 Å². The van der Waals surface area contributed by atoms with Crippen LogP contribution in [0.15, 0.2) is 30.3 Å². The van der Waals surface area contributed by atoms with Crippen molar-refractivity contribution >= 4 is 37.6 Å². The minimum Gasteiger partial charge on any atom is -0.381 e. The summed E-state index contributed by atoms with van der Waals surface area (Å²) in [4.78, 5) is 11.8. The van der Waals surface area contributed by atoms with Crippen LogP contribution >= 0.6 is 31.9 Å². The van der Waals surface area contributed by atoms with Crippen LogP contribution in [0.3, 0.4) is 0 Å². The van der Waals surface area contributed by atoms with Crippen molar-refractivity contribution in [3.05, 3.63) is 35.9 Å². The molecular formula is C10H10Br2O2. The highest BCUT2D eigenvalue weighted by Gasteiger charge is 2.24. The minimum absolute atomic E-state index is 0.0631. The Kier molecular flexibility index (Phi) is 4.78. The number of Topliss-reactive ketones (excluding diaryl/α,β-unsaturated/α-hetero) is 1. The van der Waals surface area contributed by atoms with Crippen LogP contribution in [0.1, 0.15) is 10.4 Å². The quantitative estimate of drug-likeness (QED) is 0.683. The zero-order valence-electron chi connectivity index (χ0n) is 7.36. The van der Waals surface area contributed by atoms with Gasteiger partial charge in [-0.1, -0.05) is 62.2 Å². The van der Waals surface area contributed by atoms with Crippen molar-refractivity contribution in [2.45, 2.75) is 5.01 Å². The van der Waals surface area contributed by atoms with E-state index in [4.69, 9.17) is 0 Å². The average molecular weight is 322 g/mol. The fraction of sp³-hybridized carbons (Fsp3) is 0.300. The SMILES string of the molecule is O=C(c1ccccc1)C(CBr)C(O)Br. The predicted molar refractivity (Wildman–Crippen MR) is 63.0 cm³/mol. The van der Waals surface area contributed by atoms with Gasteiger partial charge in [0.2, 0.25) is 0 Å². The number of hydrogen-bond acceptors (Lipinski definition) is 2. The Hall–Kier alpha value is -0.190. The van der Waals surface area contributed by atoms with Gasteiger partial charge in [-0.05, 0) is 0 Å². The van der Waals surface area contributed by atoms with Gasteiger partial charge in [-0.15, -0.1) is 0 Å². The summed E-state index contributed by atoms with van der Waals surface area (Å²) in [6.07, 6.45) is 0. The molecule has 1 N–H and O–H groups in total. The highest BCUT2D eigenvalue weighted by atomic mass is 79.9. The van der Waals surface area contributed by atoms with E-state index in [-0.39, 0.29) is 5.78 Å². The molecule has 0 saturated carbocycles. The van der Waals surface area contributed by atoms with E-state index in [0.29, 0.717) is 10.9 Å². The number of aliphatic hydroxyl groups excluding tert-OH is 1. The van der Waals surface area contributed by atoms with Gasteiger partial charge in [0, 0.05) is 10.9 Å². The lowest BCUT2D eigenvalue weighted by atomic mass is 10.0. The maximum absolute atomic E-state index is 11.8. The van der Waals surface area contributed by atoms with Gasteiger partial charge in [0.15, 0.2) is 5.78 Å². The minimum atomic E-state index is -0.811. The largest absolute Gasteiger partial charge is 0.381 e. The van der Waals surface area contributed by atoms with Crippen molar-refractivity contribution < 1.29 is 9.90 Å². The van der Waals surface area contributed by atoms with Crippen LogP contribution in [-0.2, 0) is 0 Å². The summed E-state index contributed by atoms with van der Waals surface area (Å²) in [5, 5.41) is 8.94. The number of carbonyl (C=O) groups is 1. The lowest BCUT2D eigenvalue weighted by Gasteiger charge is -2.14. The molecule has 0 heterocycles. The zero-order valence-corrected chi connectivity index (χ0v) is 10.5. The third-order valence-electron chi connectivity index (χ3n) is 1.89. The normalized spacial score (nSPS) is 14.8. The number of hydrogen-bond donors (Lipinski definition) is 1. The molecule has 0 aliphatic heterocycles. The summed E-state index contributed by atoms with van der Waals surface area (Å²) in [6.45, 7) is 0. The van der Waals surface area contributed by atoms with Gasteiger partial charge in [0.05, 0.1) is 5.92 Å². The molecule has 4 heteroatoms. The lowest BCUT2D eigenvalue weighted by Crippen LogP contribution is -2.25. The molecule has 2 nitrogen and oxygen atoms in total. The van der Waals surface area contributed by atoms with E-state index in [1.165, 1.54) is 0 Å². The lowest BCUT2D eigenvalue weighted by molar-refractivity contribution is 0.0862. The third-order valence-corrected chi connectivity index (χ3v) is 3.23. The first-order valence-corrected chi connectivity index (χ1v) is 6.18. The van der Waals surface area contributed by atoms with Gasteiger partial charge in [-0.3, -0.25) is 4.79 Å². The Bertz CT molecular complexity index is 298. The number of halogens is 2. The number of ketones is 1. The smallest absolute Gasteiger partial charge is 0.170 e. The topological polar surface area (TPSA) is 37.3 Å². The van der Waals surface area contributed by atoms with Gasteiger partial charge in [-0.25, -0.2) is 0 Å². The first-order chi connectivity index (χ1) is 6.66. The van der Waals surface area contributed by atoms with E-state index < -0.39 is 10.9 Å². The van der Waals surface area contributed by atoms with Crippen molar-refractivity contribution in [2.24, 2.45) is 5.92 Å². The predicted octanol–water partition coefficient (Wildman–Crippen LogP) is 2.59. The molecule has 76 valence electrons. The number of alkyl halides is 2. The summed E-state index contributed by atoms with van der Waals surface area (Å²) in [6, 6.07) is 8.95. The van der Waals surface area contributed by atoms with Crippen LogP contribution in [0.4, 0.5) is 0 Å². The molecule has 2 atom stereocenters. The summed E-state index contributed by atoms with van der Waals surface area (Å²) in [5.74, 6) is -0.510. The first kappa shape index (κ1) is 11.9. The maximum Gasteiger partial charge on any atom is 0.170 e. The highest BCUT2D eigenvalue weighted by molar-refractivity contribution is 9.10. The van der Waals surface area contributed by atoms with Crippen molar-refractivity contribution in [1.82, 2.24) is 0 Å². The number of aliphatic hydroxyl groups is 1. The summed E-state index contributed by atoms with van der Waals surface area (Å²) in [7, 11) is 0.